The Bertz CT molecular complexity index is 291. The lowest BCUT2D eigenvalue weighted by Gasteiger charge is -2.17. The maximum atomic E-state index is 4.20. The molecule has 0 saturated carbocycles. The van der Waals surface area contributed by atoms with Crippen LogP contribution < -0.4 is 5.32 Å². The molecular formula is C12H21N3. The van der Waals surface area contributed by atoms with Gasteiger partial charge in [-0.2, -0.15) is 5.10 Å². The second-order valence-electron chi connectivity index (χ2n) is 3.75. The van der Waals surface area contributed by atoms with Crippen molar-refractivity contribution < 1.29 is 0 Å². The van der Waals surface area contributed by atoms with Gasteiger partial charge in [0.2, 0.25) is 0 Å². The van der Waals surface area contributed by atoms with E-state index in [1.54, 1.807) is 0 Å². The Labute approximate surface area is 92.2 Å². The van der Waals surface area contributed by atoms with Gasteiger partial charge >= 0.3 is 0 Å². The molecule has 0 aliphatic carbocycles. The number of hydrogen-bond acceptors (Lipinski definition) is 2. The van der Waals surface area contributed by atoms with Crippen LogP contribution in [0.5, 0.6) is 0 Å². The predicted octanol–water partition coefficient (Wildman–Crippen LogP) is 2.43. The van der Waals surface area contributed by atoms with E-state index in [1.165, 1.54) is 5.69 Å². The first-order valence-electron chi connectivity index (χ1n) is 5.61. The van der Waals surface area contributed by atoms with Gasteiger partial charge in [-0.3, -0.25) is 4.68 Å². The Balaban J connectivity index is 2.62. The summed E-state index contributed by atoms with van der Waals surface area (Å²) in [7, 11) is 1.99. The van der Waals surface area contributed by atoms with Crippen molar-refractivity contribution in [2.75, 3.05) is 6.54 Å². The summed E-state index contributed by atoms with van der Waals surface area (Å²) in [6, 6.07) is 2.48. The number of rotatable bonds is 7. The van der Waals surface area contributed by atoms with Crippen molar-refractivity contribution in [3.63, 3.8) is 0 Å². The van der Waals surface area contributed by atoms with E-state index in [9.17, 15) is 0 Å². The van der Waals surface area contributed by atoms with Crippen LogP contribution >= 0.6 is 0 Å². The summed E-state index contributed by atoms with van der Waals surface area (Å²) in [5.41, 5.74) is 1.25. The Morgan fingerprint density at radius 3 is 3.00 bits per heavy atom. The summed E-state index contributed by atoms with van der Waals surface area (Å²) >= 11 is 0. The van der Waals surface area contributed by atoms with Gasteiger partial charge in [0.05, 0.1) is 5.69 Å². The monoisotopic (exact) mass is 207 g/mol. The molecule has 0 fully saturated rings. The average Bonchev–Trinajstić information content (AvgIpc) is 2.65. The Hall–Kier alpha value is -1.09. The topological polar surface area (TPSA) is 29.9 Å². The summed E-state index contributed by atoms with van der Waals surface area (Å²) in [6.07, 6.45) is 7.10. The lowest BCUT2D eigenvalue weighted by Crippen LogP contribution is -2.24. The minimum atomic E-state index is 0.399. The zero-order valence-electron chi connectivity index (χ0n) is 9.74. The van der Waals surface area contributed by atoms with Crippen molar-refractivity contribution in [1.82, 2.24) is 15.1 Å². The van der Waals surface area contributed by atoms with Crippen LogP contribution in [0, 0.1) is 0 Å². The summed E-state index contributed by atoms with van der Waals surface area (Å²) in [4.78, 5) is 0. The SMILES string of the molecule is C=CCCC(NCCC)c1ccnn1C. The van der Waals surface area contributed by atoms with Crippen LogP contribution in [0.3, 0.4) is 0 Å². The second kappa shape index (κ2) is 6.40. The van der Waals surface area contributed by atoms with Gasteiger partial charge in [0.1, 0.15) is 0 Å². The lowest BCUT2D eigenvalue weighted by molar-refractivity contribution is 0.471. The van der Waals surface area contributed by atoms with Crippen LogP contribution in [0.1, 0.15) is 37.9 Å². The van der Waals surface area contributed by atoms with Gasteiger partial charge in [-0.05, 0) is 31.9 Å². The van der Waals surface area contributed by atoms with E-state index in [0.717, 1.165) is 25.8 Å². The molecule has 0 bridgehead atoms. The Morgan fingerprint density at radius 2 is 2.47 bits per heavy atom. The summed E-state index contributed by atoms with van der Waals surface area (Å²) in [5, 5.41) is 7.74. The first-order valence-corrected chi connectivity index (χ1v) is 5.61. The highest BCUT2D eigenvalue weighted by Crippen LogP contribution is 2.17. The smallest absolute Gasteiger partial charge is 0.0550 e. The maximum absolute atomic E-state index is 4.20. The van der Waals surface area contributed by atoms with Gasteiger partial charge in [0.15, 0.2) is 0 Å². The molecule has 0 saturated heterocycles. The number of aryl methyl sites for hydroxylation is 1. The molecule has 0 aliphatic heterocycles. The van der Waals surface area contributed by atoms with Crippen LogP contribution in [0.4, 0.5) is 0 Å². The molecule has 3 nitrogen and oxygen atoms in total. The molecule has 84 valence electrons. The molecule has 1 rings (SSSR count). The highest BCUT2D eigenvalue weighted by molar-refractivity contribution is 5.06. The maximum Gasteiger partial charge on any atom is 0.0550 e. The molecule has 0 spiro atoms. The fourth-order valence-electron chi connectivity index (χ4n) is 1.68. The average molecular weight is 207 g/mol. The van der Waals surface area contributed by atoms with Gasteiger partial charge in [0, 0.05) is 19.3 Å². The molecule has 0 amide bonds. The first-order chi connectivity index (χ1) is 7.29. The van der Waals surface area contributed by atoms with Gasteiger partial charge in [-0.25, -0.2) is 0 Å². The number of hydrogen-bond donors (Lipinski definition) is 1. The van der Waals surface area contributed by atoms with Gasteiger partial charge < -0.3 is 5.32 Å². The van der Waals surface area contributed by atoms with Crippen LogP contribution in [0.25, 0.3) is 0 Å². The van der Waals surface area contributed by atoms with Gasteiger partial charge in [-0.1, -0.05) is 13.0 Å². The van der Waals surface area contributed by atoms with Crippen molar-refractivity contribution in [3.05, 3.63) is 30.6 Å². The lowest BCUT2D eigenvalue weighted by atomic mass is 10.1. The summed E-state index contributed by atoms with van der Waals surface area (Å²) in [5.74, 6) is 0. The molecule has 1 atom stereocenters. The zero-order valence-corrected chi connectivity index (χ0v) is 9.74. The van der Waals surface area contributed by atoms with Crippen molar-refractivity contribution in [3.8, 4) is 0 Å². The molecule has 1 unspecified atom stereocenters. The molecule has 0 aliphatic rings. The van der Waals surface area contributed by atoms with E-state index in [2.05, 4.69) is 30.0 Å². The van der Waals surface area contributed by atoms with Gasteiger partial charge in [-0.15, -0.1) is 6.58 Å². The van der Waals surface area contributed by atoms with Crippen molar-refractivity contribution in [2.24, 2.45) is 7.05 Å². The van der Waals surface area contributed by atoms with E-state index in [0.29, 0.717) is 6.04 Å². The van der Waals surface area contributed by atoms with Crippen LogP contribution in [0.2, 0.25) is 0 Å². The quantitative estimate of drug-likeness (QED) is 0.696. The minimum Gasteiger partial charge on any atom is -0.309 e. The molecule has 1 N–H and O–H groups in total. The third kappa shape index (κ3) is 3.51. The zero-order chi connectivity index (χ0) is 11.1. The minimum absolute atomic E-state index is 0.399. The van der Waals surface area contributed by atoms with Crippen molar-refractivity contribution >= 4 is 0 Å². The third-order valence-electron chi connectivity index (χ3n) is 2.52. The van der Waals surface area contributed by atoms with Crippen LogP contribution in [0.15, 0.2) is 24.9 Å². The number of nitrogens with zero attached hydrogens (tertiary/aromatic N) is 2. The molecule has 3 heteroatoms. The molecule has 1 aromatic heterocycles. The van der Waals surface area contributed by atoms with Crippen molar-refractivity contribution in [2.45, 2.75) is 32.2 Å². The van der Waals surface area contributed by atoms with E-state index in [-0.39, 0.29) is 0 Å². The van der Waals surface area contributed by atoms with Gasteiger partial charge in [0.25, 0.3) is 0 Å². The first kappa shape index (κ1) is 12.0. The highest BCUT2D eigenvalue weighted by Gasteiger charge is 2.12. The second-order valence-corrected chi connectivity index (χ2v) is 3.75. The van der Waals surface area contributed by atoms with E-state index < -0.39 is 0 Å². The number of allylic oxidation sites excluding steroid dienone is 1. The fourth-order valence-corrected chi connectivity index (χ4v) is 1.68. The normalized spacial score (nSPS) is 12.7. The molecule has 1 heterocycles. The summed E-state index contributed by atoms with van der Waals surface area (Å²) in [6.45, 7) is 7.00. The molecule has 15 heavy (non-hydrogen) atoms. The molecular weight excluding hydrogens is 186 g/mol. The molecule has 0 aromatic carbocycles. The molecule has 1 aromatic rings. The number of nitrogens with one attached hydrogen (secondary N) is 1. The Morgan fingerprint density at radius 1 is 1.67 bits per heavy atom. The van der Waals surface area contributed by atoms with E-state index in [1.807, 2.05) is 24.0 Å². The highest BCUT2D eigenvalue weighted by atomic mass is 15.3. The van der Waals surface area contributed by atoms with Crippen LogP contribution in [-0.4, -0.2) is 16.3 Å². The van der Waals surface area contributed by atoms with Crippen molar-refractivity contribution in [1.29, 1.82) is 0 Å². The van der Waals surface area contributed by atoms with E-state index >= 15 is 0 Å². The standard InChI is InChI=1S/C12H21N3/c1-4-6-7-11(13-9-5-2)12-8-10-14-15(12)3/h4,8,10-11,13H,1,5-7,9H2,2-3H3. The predicted molar refractivity (Wildman–Crippen MR) is 63.7 cm³/mol. The number of aromatic nitrogens is 2. The van der Waals surface area contributed by atoms with E-state index in [4.69, 9.17) is 0 Å². The summed E-state index contributed by atoms with van der Waals surface area (Å²) < 4.78 is 1.94. The third-order valence-corrected chi connectivity index (χ3v) is 2.52. The van der Waals surface area contributed by atoms with Crippen LogP contribution in [-0.2, 0) is 7.05 Å². The largest absolute Gasteiger partial charge is 0.309 e. The molecule has 0 radical (unpaired) electrons. The fraction of sp³-hybridized carbons (Fsp3) is 0.583. The Kier molecular flexibility index (Phi) is 5.12.